The molecule has 1 atom stereocenters. The van der Waals surface area contributed by atoms with Gasteiger partial charge in [-0.2, -0.15) is 9.78 Å². The molecule has 5 N–H and O–H groups in total. The number of aliphatic imine (C=N–C) groups is 1. The van der Waals surface area contributed by atoms with E-state index in [0.717, 1.165) is 18.2 Å². The van der Waals surface area contributed by atoms with Gasteiger partial charge in [-0.15, -0.1) is 0 Å². The van der Waals surface area contributed by atoms with E-state index in [0.29, 0.717) is 40.4 Å². The van der Waals surface area contributed by atoms with Crippen molar-refractivity contribution in [1.29, 1.82) is 0 Å². The van der Waals surface area contributed by atoms with E-state index >= 15 is 0 Å². The molecule has 11 heteroatoms. The summed E-state index contributed by atoms with van der Waals surface area (Å²) in [6.07, 6.45) is 1.68. The summed E-state index contributed by atoms with van der Waals surface area (Å²) in [5, 5.41) is 6.77. The molecule has 0 bridgehead atoms. The molecule has 1 aromatic heterocycles. The molecule has 2 heterocycles. The van der Waals surface area contributed by atoms with Crippen LogP contribution in [0.1, 0.15) is 43.7 Å². The number of benzene rings is 2. The van der Waals surface area contributed by atoms with Crippen molar-refractivity contribution in [2.75, 3.05) is 29.0 Å². The third-order valence-corrected chi connectivity index (χ3v) is 6.52. The fourth-order valence-corrected chi connectivity index (χ4v) is 4.32. The first kappa shape index (κ1) is 26.9. The molecule has 3 aromatic rings. The number of carbonyl (C=O) groups is 1. The summed E-state index contributed by atoms with van der Waals surface area (Å²) in [5.41, 5.74) is 13.1. The van der Waals surface area contributed by atoms with Gasteiger partial charge in [-0.25, -0.2) is 8.78 Å². The van der Waals surface area contributed by atoms with Crippen LogP contribution in [0, 0.1) is 17.0 Å². The van der Waals surface area contributed by atoms with Crippen LogP contribution in [0.25, 0.3) is 5.69 Å². The first-order chi connectivity index (χ1) is 17.9. The third-order valence-electron chi connectivity index (χ3n) is 6.52. The lowest BCUT2D eigenvalue weighted by Gasteiger charge is -2.26. The summed E-state index contributed by atoms with van der Waals surface area (Å²) in [6.45, 7) is 9.15. The third kappa shape index (κ3) is 5.28. The monoisotopic (exact) mass is 523 g/mol. The quantitative estimate of drug-likeness (QED) is 0.335. The summed E-state index contributed by atoms with van der Waals surface area (Å²) < 4.78 is 29.2. The molecular weight excluding hydrogens is 492 g/mol. The normalized spacial score (nSPS) is 16.9. The van der Waals surface area contributed by atoms with Gasteiger partial charge in [-0.1, -0.05) is 19.9 Å². The Morgan fingerprint density at radius 1 is 1.16 bits per heavy atom. The number of amides is 1. The molecular formula is C27H31F2N7O2. The number of nitrogen functional groups attached to an aromatic ring is 1. The van der Waals surface area contributed by atoms with Gasteiger partial charge in [0.15, 0.2) is 11.6 Å². The zero-order chi connectivity index (χ0) is 27.8. The van der Waals surface area contributed by atoms with E-state index in [1.165, 1.54) is 12.1 Å². The number of anilines is 3. The zero-order valence-electron chi connectivity index (χ0n) is 21.7. The second kappa shape index (κ2) is 10.3. The van der Waals surface area contributed by atoms with Gasteiger partial charge in [-0.3, -0.25) is 14.6 Å². The molecule has 38 heavy (non-hydrogen) atoms. The number of hydrogen-bond acceptors (Lipinski definition) is 7. The van der Waals surface area contributed by atoms with Crippen LogP contribution in [-0.2, 0) is 0 Å². The molecule has 4 rings (SSSR count). The molecule has 1 aliphatic rings. The summed E-state index contributed by atoms with van der Waals surface area (Å²) >= 11 is 0. The van der Waals surface area contributed by atoms with Gasteiger partial charge in [0.1, 0.15) is 11.4 Å². The maximum Gasteiger partial charge on any atom is 0.276 e. The van der Waals surface area contributed by atoms with E-state index in [2.05, 4.69) is 34.2 Å². The molecule has 1 saturated heterocycles. The first-order valence-corrected chi connectivity index (χ1v) is 12.2. The van der Waals surface area contributed by atoms with Crippen LogP contribution in [0.3, 0.4) is 0 Å². The van der Waals surface area contributed by atoms with Crippen LogP contribution in [0.15, 0.2) is 52.3 Å². The maximum absolute atomic E-state index is 14.3. The number of nitrogens with zero attached hydrogens (tertiary/aromatic N) is 4. The van der Waals surface area contributed by atoms with Crippen molar-refractivity contribution in [1.82, 2.24) is 9.78 Å². The van der Waals surface area contributed by atoms with Crippen LogP contribution in [0.5, 0.6) is 0 Å². The maximum atomic E-state index is 14.3. The molecule has 200 valence electrons. The Hall–Kier alpha value is -4.12. The zero-order valence-corrected chi connectivity index (χ0v) is 21.7. The predicted molar refractivity (Wildman–Crippen MR) is 145 cm³/mol. The SMILES string of the molecule is CC(C)N=Cc1c(N)ccc(NC(=O)c2ccc(=O)n(-c3c(F)cccc3F)n2)c1N1CC(N)C(C)(C)C1. The Labute approximate surface area is 219 Å². The highest BCUT2D eigenvalue weighted by Gasteiger charge is 2.38. The van der Waals surface area contributed by atoms with Gasteiger partial charge >= 0.3 is 0 Å². The Morgan fingerprint density at radius 3 is 2.45 bits per heavy atom. The van der Waals surface area contributed by atoms with E-state index in [4.69, 9.17) is 11.5 Å². The van der Waals surface area contributed by atoms with E-state index in [-0.39, 0.29) is 23.2 Å². The number of halogens is 2. The van der Waals surface area contributed by atoms with Crippen molar-refractivity contribution < 1.29 is 13.6 Å². The van der Waals surface area contributed by atoms with Crippen molar-refractivity contribution in [2.24, 2.45) is 16.1 Å². The number of aromatic nitrogens is 2. The second-order valence-electron chi connectivity index (χ2n) is 10.3. The van der Waals surface area contributed by atoms with E-state index in [9.17, 15) is 18.4 Å². The Balaban J connectivity index is 1.77. The Bertz CT molecular complexity index is 1450. The molecule has 1 aliphatic heterocycles. The lowest BCUT2D eigenvalue weighted by molar-refractivity contribution is 0.102. The van der Waals surface area contributed by atoms with Gasteiger partial charge in [-0.05, 0) is 49.6 Å². The largest absolute Gasteiger partial charge is 0.398 e. The Morgan fingerprint density at radius 2 is 1.84 bits per heavy atom. The molecule has 0 aliphatic carbocycles. The minimum absolute atomic E-state index is 0.0156. The summed E-state index contributed by atoms with van der Waals surface area (Å²) in [5.74, 6) is -2.66. The van der Waals surface area contributed by atoms with Crippen LogP contribution >= 0.6 is 0 Å². The van der Waals surface area contributed by atoms with E-state index < -0.39 is 28.8 Å². The molecule has 1 amide bonds. The van der Waals surface area contributed by atoms with Crippen molar-refractivity contribution >= 4 is 29.2 Å². The average Bonchev–Trinajstić information content (AvgIpc) is 3.11. The smallest absolute Gasteiger partial charge is 0.276 e. The molecule has 1 fully saturated rings. The van der Waals surface area contributed by atoms with Gasteiger partial charge in [0, 0.05) is 48.7 Å². The molecule has 2 aromatic carbocycles. The standard InChI is InChI=1S/C27H31F2N7O2/c1-15(2)32-12-16-19(30)8-9-20(24(16)35-13-22(31)27(3,4)14-35)33-26(38)21-10-11-23(37)36(34-21)25-17(28)6-5-7-18(25)29/h5-12,15,22H,13-14,30-31H2,1-4H3,(H,33,38). The molecule has 1 unspecified atom stereocenters. The molecule has 9 nitrogen and oxygen atoms in total. The van der Waals surface area contributed by atoms with Crippen molar-refractivity contribution in [3.8, 4) is 5.69 Å². The number of carbonyl (C=O) groups excluding carboxylic acids is 1. The number of nitrogens with one attached hydrogen (secondary N) is 1. The highest BCUT2D eigenvalue weighted by molar-refractivity contribution is 6.08. The number of rotatable bonds is 6. The molecule has 0 spiro atoms. The van der Waals surface area contributed by atoms with Crippen LogP contribution in [0.4, 0.5) is 25.8 Å². The topological polar surface area (TPSA) is 132 Å². The van der Waals surface area contributed by atoms with Gasteiger partial charge < -0.3 is 21.7 Å². The number of para-hydroxylation sites is 1. The molecule has 0 saturated carbocycles. The summed E-state index contributed by atoms with van der Waals surface area (Å²) in [6, 6.07) is 8.61. The molecule has 0 radical (unpaired) electrons. The van der Waals surface area contributed by atoms with Crippen molar-refractivity contribution in [2.45, 2.75) is 39.8 Å². The Kier molecular flexibility index (Phi) is 7.32. The minimum atomic E-state index is -0.986. The second-order valence-corrected chi connectivity index (χ2v) is 10.3. The van der Waals surface area contributed by atoms with E-state index in [1.807, 2.05) is 13.8 Å². The number of hydrogen-bond donors (Lipinski definition) is 3. The fourth-order valence-electron chi connectivity index (χ4n) is 4.32. The highest BCUT2D eigenvalue weighted by atomic mass is 19.1. The van der Waals surface area contributed by atoms with Crippen molar-refractivity contribution in [3.63, 3.8) is 0 Å². The fraction of sp³-hybridized carbons (Fsp3) is 0.333. The number of nitrogens with two attached hydrogens (primary N) is 2. The first-order valence-electron chi connectivity index (χ1n) is 12.2. The van der Waals surface area contributed by atoms with Crippen LogP contribution < -0.4 is 27.2 Å². The van der Waals surface area contributed by atoms with Gasteiger partial charge in [0.05, 0.1) is 11.4 Å². The lowest BCUT2D eigenvalue weighted by Crippen LogP contribution is -2.35. The van der Waals surface area contributed by atoms with Gasteiger partial charge in [0.25, 0.3) is 11.5 Å². The highest BCUT2D eigenvalue weighted by Crippen LogP contribution is 2.39. The lowest BCUT2D eigenvalue weighted by atomic mass is 9.89. The van der Waals surface area contributed by atoms with Crippen LogP contribution in [-0.4, -0.2) is 47.1 Å². The predicted octanol–water partition coefficient (Wildman–Crippen LogP) is 3.35. The van der Waals surface area contributed by atoms with Crippen molar-refractivity contribution in [3.05, 3.63) is 75.7 Å². The van der Waals surface area contributed by atoms with E-state index in [1.54, 1.807) is 18.3 Å². The summed E-state index contributed by atoms with van der Waals surface area (Å²) in [7, 11) is 0. The summed E-state index contributed by atoms with van der Waals surface area (Å²) in [4.78, 5) is 32.2. The van der Waals surface area contributed by atoms with Crippen LogP contribution in [0.2, 0.25) is 0 Å². The minimum Gasteiger partial charge on any atom is -0.398 e. The average molecular weight is 524 g/mol. The van der Waals surface area contributed by atoms with Gasteiger partial charge in [0.2, 0.25) is 0 Å².